The van der Waals surface area contributed by atoms with Gasteiger partial charge in [-0.1, -0.05) is 0 Å². The Morgan fingerprint density at radius 3 is 2.89 bits per heavy atom. The molecule has 0 unspecified atom stereocenters. The number of ether oxygens (including phenoxy) is 1. The smallest absolute Gasteiger partial charge is 0.416 e. The summed E-state index contributed by atoms with van der Waals surface area (Å²) in [7, 11) is 0. The number of amides is 1. The van der Waals surface area contributed by atoms with Crippen molar-refractivity contribution < 1.29 is 13.9 Å². The van der Waals surface area contributed by atoms with E-state index in [1.54, 1.807) is 0 Å². The van der Waals surface area contributed by atoms with E-state index in [0.29, 0.717) is 12.4 Å². The Morgan fingerprint density at radius 2 is 2.22 bits per heavy atom. The Labute approximate surface area is 106 Å². The highest BCUT2D eigenvalue weighted by molar-refractivity contribution is 5.88. The Morgan fingerprint density at radius 1 is 1.50 bits per heavy atom. The van der Waals surface area contributed by atoms with Gasteiger partial charge in [0, 0.05) is 6.54 Å². The molecule has 0 bridgehead atoms. The molecule has 0 N–H and O–H groups in total. The van der Waals surface area contributed by atoms with E-state index in [1.807, 2.05) is 20.8 Å². The second-order valence-corrected chi connectivity index (χ2v) is 5.37. The molecule has 1 amide bonds. The summed E-state index contributed by atoms with van der Waals surface area (Å²) < 4.78 is 18.4. The van der Waals surface area contributed by atoms with Crippen LogP contribution in [0.15, 0.2) is 12.3 Å². The number of nitrogens with zero attached hydrogens (tertiary/aromatic N) is 2. The minimum atomic E-state index is -0.547. The number of hydrogen-bond acceptors (Lipinski definition) is 3. The molecule has 1 aliphatic rings. The molecule has 0 spiro atoms. The normalized spacial score (nSPS) is 15.2. The minimum absolute atomic E-state index is 0.375. The van der Waals surface area contributed by atoms with Crippen molar-refractivity contribution in [2.75, 3.05) is 11.4 Å². The summed E-state index contributed by atoms with van der Waals surface area (Å²) in [5.74, 6) is 0.136. The maximum atomic E-state index is 13.1. The number of halogens is 1. The van der Waals surface area contributed by atoms with E-state index in [2.05, 4.69) is 4.98 Å². The molecule has 2 heterocycles. The lowest BCUT2D eigenvalue weighted by molar-refractivity contribution is 0.0576. The molecule has 4 nitrogen and oxygen atoms in total. The van der Waals surface area contributed by atoms with Crippen molar-refractivity contribution in [1.29, 1.82) is 0 Å². The van der Waals surface area contributed by atoms with Crippen LogP contribution in [0.5, 0.6) is 0 Å². The van der Waals surface area contributed by atoms with Gasteiger partial charge in [-0.15, -0.1) is 0 Å². The second-order valence-electron chi connectivity index (χ2n) is 5.37. The van der Waals surface area contributed by atoms with Gasteiger partial charge in [0.05, 0.1) is 6.20 Å². The number of carbonyl (C=O) groups excluding carboxylic acids is 1. The lowest BCUT2D eigenvalue weighted by Crippen LogP contribution is -2.40. The fourth-order valence-electron chi connectivity index (χ4n) is 1.93. The van der Waals surface area contributed by atoms with Gasteiger partial charge in [0.1, 0.15) is 17.2 Å². The summed E-state index contributed by atoms with van der Waals surface area (Å²) in [5, 5.41) is 0. The first-order valence-corrected chi connectivity index (χ1v) is 6.02. The fraction of sp³-hybridized carbons (Fsp3) is 0.538. The van der Waals surface area contributed by atoms with E-state index in [-0.39, 0.29) is 5.82 Å². The molecule has 0 fully saturated rings. The highest BCUT2D eigenvalue weighted by atomic mass is 19.1. The van der Waals surface area contributed by atoms with Crippen LogP contribution in [0.25, 0.3) is 0 Å². The van der Waals surface area contributed by atoms with Gasteiger partial charge in [-0.3, -0.25) is 4.90 Å². The van der Waals surface area contributed by atoms with Crippen molar-refractivity contribution >= 4 is 11.9 Å². The Kier molecular flexibility index (Phi) is 3.24. The first-order chi connectivity index (χ1) is 8.37. The number of hydrogen-bond donors (Lipinski definition) is 0. The van der Waals surface area contributed by atoms with E-state index in [0.717, 1.165) is 24.6 Å². The van der Waals surface area contributed by atoms with Gasteiger partial charge in [0.2, 0.25) is 0 Å². The van der Waals surface area contributed by atoms with E-state index < -0.39 is 11.7 Å². The summed E-state index contributed by atoms with van der Waals surface area (Å²) in [6.07, 6.45) is 2.22. The van der Waals surface area contributed by atoms with Crippen LogP contribution >= 0.6 is 0 Å². The predicted molar refractivity (Wildman–Crippen MR) is 66.1 cm³/mol. The van der Waals surface area contributed by atoms with Crippen LogP contribution in [0.3, 0.4) is 0 Å². The van der Waals surface area contributed by atoms with Gasteiger partial charge in [-0.25, -0.2) is 14.2 Å². The van der Waals surface area contributed by atoms with Gasteiger partial charge >= 0.3 is 6.09 Å². The number of rotatable bonds is 0. The maximum absolute atomic E-state index is 13.1. The zero-order valence-corrected chi connectivity index (χ0v) is 10.9. The van der Waals surface area contributed by atoms with Crippen LogP contribution < -0.4 is 4.90 Å². The lowest BCUT2D eigenvalue weighted by Gasteiger charge is -2.30. The van der Waals surface area contributed by atoms with Crippen LogP contribution in [0, 0.1) is 5.82 Å². The van der Waals surface area contributed by atoms with Crippen molar-refractivity contribution in [3.63, 3.8) is 0 Å². The number of anilines is 1. The summed E-state index contributed by atoms with van der Waals surface area (Å²) >= 11 is 0. The Balaban J connectivity index is 2.25. The largest absolute Gasteiger partial charge is 0.443 e. The molecule has 1 aromatic rings. The van der Waals surface area contributed by atoms with Gasteiger partial charge in [0.25, 0.3) is 0 Å². The number of aryl methyl sites for hydroxylation is 1. The fourth-order valence-corrected chi connectivity index (χ4v) is 1.93. The number of aromatic nitrogens is 1. The maximum Gasteiger partial charge on any atom is 0.416 e. The third-order valence-corrected chi connectivity index (χ3v) is 2.61. The predicted octanol–water partition coefficient (Wildman–Crippen LogP) is 2.91. The lowest BCUT2D eigenvalue weighted by atomic mass is 10.1. The average molecular weight is 252 g/mol. The second kappa shape index (κ2) is 4.55. The van der Waals surface area contributed by atoms with Gasteiger partial charge in [0.15, 0.2) is 0 Å². The molecule has 0 atom stereocenters. The minimum Gasteiger partial charge on any atom is -0.443 e. The van der Waals surface area contributed by atoms with Crippen LogP contribution in [0.1, 0.15) is 32.8 Å². The van der Waals surface area contributed by atoms with Crippen molar-refractivity contribution in [3.05, 3.63) is 23.6 Å². The average Bonchev–Trinajstić information content (AvgIpc) is 2.25. The third kappa shape index (κ3) is 2.78. The first-order valence-electron chi connectivity index (χ1n) is 6.02. The van der Waals surface area contributed by atoms with Crippen LogP contribution in [-0.4, -0.2) is 23.2 Å². The van der Waals surface area contributed by atoms with Gasteiger partial charge < -0.3 is 4.74 Å². The van der Waals surface area contributed by atoms with E-state index in [1.165, 1.54) is 11.0 Å². The molecular weight excluding hydrogens is 235 g/mol. The highest BCUT2D eigenvalue weighted by Crippen LogP contribution is 2.26. The summed E-state index contributed by atoms with van der Waals surface area (Å²) in [6.45, 7) is 6.00. The molecule has 1 aromatic heterocycles. The van der Waals surface area contributed by atoms with Gasteiger partial charge in [-0.05, 0) is 45.2 Å². The topological polar surface area (TPSA) is 42.4 Å². The van der Waals surface area contributed by atoms with E-state index in [4.69, 9.17) is 4.74 Å². The summed E-state index contributed by atoms with van der Waals surface area (Å²) in [6, 6.07) is 1.43. The number of fused-ring (bicyclic) bond motifs is 1. The molecule has 0 saturated heterocycles. The third-order valence-electron chi connectivity index (χ3n) is 2.61. The van der Waals surface area contributed by atoms with Crippen LogP contribution in [0.4, 0.5) is 15.0 Å². The Bertz CT molecular complexity index is 469. The van der Waals surface area contributed by atoms with Crippen molar-refractivity contribution in [2.24, 2.45) is 0 Å². The molecular formula is C13H17FN2O2. The molecule has 0 saturated carbocycles. The molecule has 2 rings (SSSR count). The quantitative estimate of drug-likeness (QED) is 0.713. The molecule has 1 aliphatic heterocycles. The molecule has 98 valence electrons. The SMILES string of the molecule is CC(C)(C)OC(=O)N1CCCc2cc(F)cnc21. The molecule has 5 heteroatoms. The van der Waals surface area contributed by atoms with Crippen molar-refractivity contribution in [2.45, 2.75) is 39.2 Å². The van der Waals surface area contributed by atoms with Crippen molar-refractivity contribution in [3.8, 4) is 0 Å². The molecule has 0 aliphatic carbocycles. The molecule has 0 radical (unpaired) electrons. The van der Waals surface area contributed by atoms with Crippen LogP contribution in [-0.2, 0) is 11.2 Å². The standard InChI is InChI=1S/C13H17FN2O2/c1-13(2,3)18-12(17)16-6-4-5-9-7-10(14)8-15-11(9)16/h7-8H,4-6H2,1-3H3. The van der Waals surface area contributed by atoms with Crippen LogP contribution in [0.2, 0.25) is 0 Å². The summed E-state index contributed by atoms with van der Waals surface area (Å²) in [4.78, 5) is 17.5. The number of pyridine rings is 1. The summed E-state index contributed by atoms with van der Waals surface area (Å²) in [5.41, 5.74) is 0.210. The van der Waals surface area contributed by atoms with E-state index in [9.17, 15) is 9.18 Å². The number of carbonyl (C=O) groups is 1. The monoisotopic (exact) mass is 252 g/mol. The zero-order valence-electron chi connectivity index (χ0n) is 10.9. The Hall–Kier alpha value is -1.65. The van der Waals surface area contributed by atoms with Crippen molar-refractivity contribution in [1.82, 2.24) is 4.98 Å². The first kappa shape index (κ1) is 12.8. The zero-order chi connectivity index (χ0) is 13.3. The van der Waals surface area contributed by atoms with E-state index >= 15 is 0 Å². The van der Waals surface area contributed by atoms with Gasteiger partial charge in [-0.2, -0.15) is 0 Å². The molecule has 18 heavy (non-hydrogen) atoms. The highest BCUT2D eigenvalue weighted by Gasteiger charge is 2.28. The molecule has 0 aromatic carbocycles.